The fourth-order valence-electron chi connectivity index (χ4n) is 5.03. The second kappa shape index (κ2) is 11.3. The van der Waals surface area contributed by atoms with Crippen LogP contribution in [-0.4, -0.2) is 59.2 Å². The van der Waals surface area contributed by atoms with Crippen LogP contribution in [0.5, 0.6) is 0 Å². The molecule has 2 aliphatic rings. The number of nitrogens with one attached hydrogen (secondary N) is 1. The van der Waals surface area contributed by atoms with E-state index in [1.807, 2.05) is 0 Å². The molecule has 37 heavy (non-hydrogen) atoms. The summed E-state index contributed by atoms with van der Waals surface area (Å²) in [4.78, 5) is 34.3. The summed E-state index contributed by atoms with van der Waals surface area (Å²) >= 11 is 2.21. The van der Waals surface area contributed by atoms with Crippen LogP contribution in [0.2, 0.25) is 0 Å². The van der Waals surface area contributed by atoms with E-state index in [1.54, 1.807) is 10.6 Å². The summed E-state index contributed by atoms with van der Waals surface area (Å²) in [6.07, 6.45) is 4.43. The minimum absolute atomic E-state index is 0.0376. The van der Waals surface area contributed by atoms with Crippen LogP contribution in [0.1, 0.15) is 49.9 Å². The molecule has 12 heteroatoms. The normalized spacial score (nSPS) is 22.0. The molecule has 0 atom stereocenters. The number of carbonyl (C=O) groups is 1. The summed E-state index contributed by atoms with van der Waals surface area (Å²) in [6.45, 7) is 2.98. The first kappa shape index (κ1) is 27.3. The summed E-state index contributed by atoms with van der Waals surface area (Å²) in [5.74, 6) is -0.773. The molecule has 3 heterocycles. The minimum atomic E-state index is -0.568. The van der Waals surface area contributed by atoms with Gasteiger partial charge in [0.05, 0.1) is 19.9 Å². The molecule has 2 aromatic rings. The Labute approximate surface area is 227 Å². The van der Waals surface area contributed by atoms with Crippen LogP contribution in [0, 0.1) is 5.41 Å². The molecule has 0 aromatic carbocycles. The average molecular weight is 628 g/mol. The molecule has 1 fully saturated rings. The summed E-state index contributed by atoms with van der Waals surface area (Å²) in [7, 11) is 2.74. The Morgan fingerprint density at radius 3 is 2.70 bits per heavy atom. The first-order valence-electron chi connectivity index (χ1n) is 12.1. The number of aromatic nitrogens is 3. The van der Waals surface area contributed by atoms with E-state index in [0.29, 0.717) is 27.8 Å². The van der Waals surface area contributed by atoms with Crippen molar-refractivity contribution in [2.24, 2.45) is 5.41 Å². The molecule has 0 radical (unpaired) electrons. The third-order valence-corrected chi connectivity index (χ3v) is 7.83. The lowest BCUT2D eigenvalue weighted by molar-refractivity contribution is -0.163. The van der Waals surface area contributed by atoms with Gasteiger partial charge < -0.3 is 25.3 Å². The standard InChI is InChI=1S/C25H31FIN5O5/c1-25(13-37-12-20(33)35-2)6-4-15(5-7-25)32-21-17(19(10-27)30-24(28)31-21)9-16(23(32)34)14-8-18(26)22(36-3)29-11-14/h8-9,15,29H,4-7,10-13H2,1-3H3,(H2,28,30,31)/p+1. The van der Waals surface area contributed by atoms with Crippen molar-refractivity contribution >= 4 is 51.1 Å². The van der Waals surface area contributed by atoms with Gasteiger partial charge in [0.1, 0.15) is 5.65 Å². The van der Waals surface area contributed by atoms with E-state index < -0.39 is 5.83 Å². The Hall–Kier alpha value is -2.74. The van der Waals surface area contributed by atoms with Crippen LogP contribution in [0.4, 0.5) is 10.3 Å². The largest absolute Gasteiger partial charge is 0.480 e. The first-order valence-corrected chi connectivity index (χ1v) is 13.6. The number of pyridine rings is 1. The van der Waals surface area contributed by atoms with Gasteiger partial charge >= 0.3 is 5.97 Å². The van der Waals surface area contributed by atoms with Crippen molar-refractivity contribution in [1.82, 2.24) is 19.9 Å². The van der Waals surface area contributed by atoms with Crippen LogP contribution in [-0.2, 0) is 18.7 Å². The number of hydrogen-bond donors (Lipinski definition) is 2. The lowest BCUT2D eigenvalue weighted by Crippen LogP contribution is -2.37. The van der Waals surface area contributed by atoms with E-state index >= 15 is 0 Å². The molecule has 200 valence electrons. The predicted molar refractivity (Wildman–Crippen MR) is 147 cm³/mol. The number of rotatable bonds is 8. The summed E-state index contributed by atoms with van der Waals surface area (Å²) in [5.41, 5.74) is 7.85. The molecular formula is C25H32FIN5O5+. The summed E-state index contributed by atoms with van der Waals surface area (Å²) in [6, 6.07) is 1.63. The second-order valence-electron chi connectivity index (χ2n) is 9.69. The van der Waals surface area contributed by atoms with Crippen LogP contribution < -0.4 is 16.6 Å². The van der Waals surface area contributed by atoms with E-state index in [2.05, 4.69) is 54.3 Å². The van der Waals surface area contributed by atoms with Gasteiger partial charge in [-0.15, -0.1) is 0 Å². The average Bonchev–Trinajstić information content (AvgIpc) is 2.88. The maximum Gasteiger partial charge on any atom is 0.383 e. The Morgan fingerprint density at radius 1 is 1.35 bits per heavy atom. The number of hydrogen-bond acceptors (Lipinski definition) is 8. The second-order valence-corrected chi connectivity index (χ2v) is 10.5. The van der Waals surface area contributed by atoms with Gasteiger partial charge in [-0.3, -0.25) is 9.36 Å². The van der Waals surface area contributed by atoms with Crippen molar-refractivity contribution in [3.63, 3.8) is 0 Å². The molecule has 0 spiro atoms. The van der Waals surface area contributed by atoms with Gasteiger partial charge in [-0.05, 0) is 43.4 Å². The van der Waals surface area contributed by atoms with Crippen LogP contribution in [0.3, 0.4) is 0 Å². The zero-order valence-corrected chi connectivity index (χ0v) is 23.3. The topological polar surface area (TPSA) is 134 Å². The third kappa shape index (κ3) is 5.74. The number of halogens is 2. The highest BCUT2D eigenvalue weighted by molar-refractivity contribution is 14.1. The van der Waals surface area contributed by atoms with Crippen LogP contribution in [0.25, 0.3) is 16.6 Å². The zero-order valence-electron chi connectivity index (χ0n) is 21.1. The highest BCUT2D eigenvalue weighted by Gasteiger charge is 2.36. The lowest BCUT2D eigenvalue weighted by Gasteiger charge is -2.36. The number of anilines is 1. The van der Waals surface area contributed by atoms with Gasteiger partial charge in [-0.1, -0.05) is 29.5 Å². The maximum absolute atomic E-state index is 14.6. The number of nitrogens with zero attached hydrogens (tertiary/aromatic N) is 3. The molecule has 0 bridgehead atoms. The first-order chi connectivity index (χ1) is 17.7. The van der Waals surface area contributed by atoms with E-state index in [9.17, 15) is 14.0 Å². The van der Waals surface area contributed by atoms with Crippen molar-refractivity contribution in [3.8, 4) is 0 Å². The van der Waals surface area contributed by atoms with Crippen LogP contribution in [0.15, 0.2) is 28.6 Å². The van der Waals surface area contributed by atoms with E-state index in [-0.39, 0.29) is 48.0 Å². The van der Waals surface area contributed by atoms with E-state index in [0.717, 1.165) is 36.8 Å². The van der Waals surface area contributed by atoms with Crippen molar-refractivity contribution in [2.75, 3.05) is 39.7 Å². The van der Waals surface area contributed by atoms with Crippen molar-refractivity contribution in [2.45, 2.75) is 43.1 Å². The van der Waals surface area contributed by atoms with Crippen molar-refractivity contribution in [3.05, 3.63) is 45.5 Å². The number of methoxy groups -OCH3 is 2. The van der Waals surface area contributed by atoms with Gasteiger partial charge in [0, 0.05) is 33.4 Å². The lowest BCUT2D eigenvalue weighted by atomic mass is 9.74. The number of alkyl halides is 1. The van der Waals surface area contributed by atoms with Gasteiger partial charge in [0.2, 0.25) is 18.4 Å². The molecule has 1 saturated carbocycles. The molecule has 1 aliphatic heterocycles. The van der Waals surface area contributed by atoms with Gasteiger partial charge in [-0.25, -0.2) is 14.2 Å². The van der Waals surface area contributed by atoms with Crippen molar-refractivity contribution < 1.29 is 23.4 Å². The number of fused-ring (bicyclic) bond motifs is 1. The third-order valence-electron chi connectivity index (χ3n) is 7.11. The number of nitrogen functional groups attached to an aromatic ring is 1. The van der Waals surface area contributed by atoms with Gasteiger partial charge in [0.25, 0.3) is 5.56 Å². The molecule has 0 amide bonds. The highest BCUT2D eigenvalue weighted by Crippen LogP contribution is 2.41. The molecule has 4 N–H and O–H groups in total. The number of esters is 1. The molecular weight excluding hydrogens is 596 g/mol. The molecule has 10 nitrogen and oxygen atoms in total. The SMILES string of the molecule is COC(=O)C[OH+]CC1(C)CCC(n2c(=O)c(C3=CC(F)=C(OC)NC3)cc3c(CI)nc(N)nc32)CC1. The number of carbonyl (C=O) groups excluding carboxylic acids is 1. The zero-order chi connectivity index (χ0) is 26.7. The quantitative estimate of drug-likeness (QED) is 0.197. The number of ether oxygens (including phenoxy) is 3. The Kier molecular flexibility index (Phi) is 8.36. The smallest absolute Gasteiger partial charge is 0.383 e. The van der Waals surface area contributed by atoms with Crippen molar-refractivity contribution in [1.29, 1.82) is 0 Å². The van der Waals surface area contributed by atoms with Crippen LogP contribution >= 0.6 is 22.6 Å². The Morgan fingerprint density at radius 2 is 2.08 bits per heavy atom. The van der Waals surface area contributed by atoms with E-state index in [4.69, 9.17) is 10.5 Å². The number of aliphatic hydroxyl groups is 2. The number of nitrogens with two attached hydrogens (primary N) is 1. The highest BCUT2D eigenvalue weighted by atomic mass is 127. The fraction of sp³-hybridized carbons (Fsp3) is 0.520. The fourth-order valence-corrected chi connectivity index (χ4v) is 5.61. The molecule has 2 aromatic heterocycles. The number of allylic oxidation sites excluding steroid dienone is 2. The molecule has 1 aliphatic carbocycles. The van der Waals surface area contributed by atoms with Gasteiger partial charge in [0.15, 0.2) is 12.4 Å². The Bertz CT molecular complexity index is 1320. The predicted octanol–water partition coefficient (Wildman–Crippen LogP) is 2.90. The molecule has 4 rings (SSSR count). The monoisotopic (exact) mass is 628 g/mol. The summed E-state index contributed by atoms with van der Waals surface area (Å²) in [5, 5.41) is 3.62. The minimum Gasteiger partial charge on any atom is -0.480 e. The van der Waals surface area contributed by atoms with Gasteiger partial charge in [-0.2, -0.15) is 4.98 Å². The molecule has 0 unspecified atom stereocenters. The number of dihydropyridines is 1. The summed E-state index contributed by atoms with van der Waals surface area (Å²) < 4.78 is 30.9. The molecule has 0 saturated heterocycles. The Balaban J connectivity index is 1.73. The van der Waals surface area contributed by atoms with E-state index in [1.165, 1.54) is 20.3 Å². The maximum atomic E-state index is 14.6.